The van der Waals surface area contributed by atoms with E-state index in [1.54, 1.807) is 0 Å². The van der Waals surface area contributed by atoms with Gasteiger partial charge in [-0.3, -0.25) is 9.59 Å². The van der Waals surface area contributed by atoms with Crippen molar-refractivity contribution in [2.45, 2.75) is 167 Å². The summed E-state index contributed by atoms with van der Waals surface area (Å²) in [6.07, 6.45) is 33.5. The third kappa shape index (κ3) is 28.1. The summed E-state index contributed by atoms with van der Waals surface area (Å²) >= 11 is 0. The monoisotopic (exact) mass is 604 g/mol. The van der Waals surface area contributed by atoms with E-state index >= 15 is 0 Å². The summed E-state index contributed by atoms with van der Waals surface area (Å²) in [5.41, 5.74) is 5.45. The van der Waals surface area contributed by atoms with E-state index in [1.807, 2.05) is 0 Å². The minimum atomic E-state index is -1.02. The van der Waals surface area contributed by atoms with Crippen molar-refractivity contribution in [1.82, 2.24) is 5.32 Å². The van der Waals surface area contributed by atoms with Crippen LogP contribution < -0.4 is 11.1 Å². The van der Waals surface area contributed by atoms with Gasteiger partial charge in [-0.25, -0.2) is 4.79 Å². The fraction of sp³-hybridized carbons (Fsp3) is 0.750. The lowest BCUT2D eigenvalue weighted by Crippen LogP contribution is -2.40. The van der Waals surface area contributed by atoms with Gasteiger partial charge in [0.15, 0.2) is 0 Å². The first-order valence-corrected chi connectivity index (χ1v) is 17.3. The average molecular weight is 605 g/mol. The van der Waals surface area contributed by atoms with Crippen LogP contribution in [0.2, 0.25) is 0 Å². The molecule has 2 unspecified atom stereocenters. The first kappa shape index (κ1) is 40.6. The van der Waals surface area contributed by atoms with Crippen LogP contribution in [0.25, 0.3) is 0 Å². The molecular weight excluding hydrogens is 540 g/mol. The van der Waals surface area contributed by atoms with Gasteiger partial charge in [0.1, 0.15) is 12.1 Å². The standard InChI is InChI=1S/C36H64N2O5/c1-3-5-7-9-10-11-12-13-14-15-16-18-24-30-35(40)43-32(26-21-17-8-6-4-2)27-22-19-20-23-29-34(39)38-33(36(41)42)28-25-31-37/h7,9,11-12,21,26,32-33H,3-6,8,10,13-20,22-25,27-31,37H2,1-2H3,(H,38,39)(H,41,42)/b9-7-,12-11-,26-21-. The van der Waals surface area contributed by atoms with Crippen LogP contribution in [0.3, 0.4) is 0 Å². The second kappa shape index (κ2) is 31.0. The molecule has 0 saturated carbocycles. The van der Waals surface area contributed by atoms with Gasteiger partial charge in [0.2, 0.25) is 5.91 Å². The summed E-state index contributed by atoms with van der Waals surface area (Å²) in [7, 11) is 0. The number of esters is 1. The zero-order valence-corrected chi connectivity index (χ0v) is 27.5. The number of carbonyl (C=O) groups is 3. The molecule has 7 heteroatoms. The van der Waals surface area contributed by atoms with E-state index in [0.717, 1.165) is 77.0 Å². The molecule has 0 heterocycles. The van der Waals surface area contributed by atoms with Gasteiger partial charge in [-0.2, -0.15) is 0 Å². The minimum Gasteiger partial charge on any atom is -0.480 e. The number of carbonyl (C=O) groups excluding carboxylic acids is 2. The molecule has 7 nitrogen and oxygen atoms in total. The number of nitrogens with two attached hydrogens (primary N) is 1. The Morgan fingerprint density at radius 2 is 1.33 bits per heavy atom. The van der Waals surface area contributed by atoms with Gasteiger partial charge < -0.3 is 20.9 Å². The van der Waals surface area contributed by atoms with E-state index in [-0.39, 0.29) is 18.0 Å². The molecule has 4 N–H and O–H groups in total. The molecule has 0 fully saturated rings. The van der Waals surface area contributed by atoms with Gasteiger partial charge in [-0.1, -0.05) is 95.6 Å². The molecule has 2 atom stereocenters. The first-order valence-electron chi connectivity index (χ1n) is 17.3. The third-order valence-electron chi connectivity index (χ3n) is 7.39. The Kier molecular flexibility index (Phi) is 29.3. The lowest BCUT2D eigenvalue weighted by atomic mass is 10.1. The van der Waals surface area contributed by atoms with Crippen LogP contribution in [0.5, 0.6) is 0 Å². The molecule has 0 aromatic heterocycles. The molecule has 0 aliphatic heterocycles. The predicted octanol–water partition coefficient (Wildman–Crippen LogP) is 8.72. The van der Waals surface area contributed by atoms with Gasteiger partial charge in [-0.05, 0) is 89.7 Å². The summed E-state index contributed by atoms with van der Waals surface area (Å²) in [6, 6.07) is -0.870. The number of aliphatic carboxylic acids is 1. The molecule has 248 valence electrons. The van der Waals surface area contributed by atoms with E-state index < -0.39 is 12.0 Å². The fourth-order valence-corrected chi connectivity index (χ4v) is 4.75. The quantitative estimate of drug-likeness (QED) is 0.0429. The third-order valence-corrected chi connectivity index (χ3v) is 7.39. The topological polar surface area (TPSA) is 119 Å². The summed E-state index contributed by atoms with van der Waals surface area (Å²) in [6.45, 7) is 4.79. The second-order valence-corrected chi connectivity index (χ2v) is 11.6. The maximum atomic E-state index is 12.5. The molecular formula is C36H64N2O5. The predicted molar refractivity (Wildman–Crippen MR) is 179 cm³/mol. The largest absolute Gasteiger partial charge is 0.480 e. The van der Waals surface area contributed by atoms with Gasteiger partial charge in [0, 0.05) is 12.8 Å². The number of carboxylic acids is 1. The van der Waals surface area contributed by atoms with Crippen LogP contribution in [0.1, 0.15) is 155 Å². The number of nitrogens with one attached hydrogen (secondary N) is 1. The van der Waals surface area contributed by atoms with Crippen molar-refractivity contribution in [2.75, 3.05) is 6.54 Å². The van der Waals surface area contributed by atoms with E-state index in [2.05, 4.69) is 55.6 Å². The van der Waals surface area contributed by atoms with Crippen molar-refractivity contribution in [3.8, 4) is 0 Å². The molecule has 0 rings (SSSR count). The number of allylic oxidation sites excluding steroid dienone is 5. The Labute approximate surface area is 263 Å². The van der Waals surface area contributed by atoms with Crippen molar-refractivity contribution >= 4 is 17.8 Å². The summed E-state index contributed by atoms with van der Waals surface area (Å²) in [4.78, 5) is 36.0. The summed E-state index contributed by atoms with van der Waals surface area (Å²) in [5, 5.41) is 11.8. The Bertz CT molecular complexity index is 778. The molecule has 0 saturated heterocycles. The summed E-state index contributed by atoms with van der Waals surface area (Å²) in [5.74, 6) is -1.36. The molecule has 0 aromatic carbocycles. The SMILES string of the molecule is CCC/C=C\C/C=C\CCCCCCCC(=O)OC(/C=C\CCCCC)CCCCCCC(=O)NC(CCCN)C(=O)O. The Morgan fingerprint density at radius 1 is 0.698 bits per heavy atom. The number of ether oxygens (including phenoxy) is 1. The molecule has 0 spiro atoms. The van der Waals surface area contributed by atoms with E-state index in [9.17, 15) is 19.5 Å². The number of unbranched alkanes of at least 4 members (excludes halogenated alkanes) is 12. The highest BCUT2D eigenvalue weighted by Gasteiger charge is 2.18. The highest BCUT2D eigenvalue weighted by atomic mass is 16.5. The van der Waals surface area contributed by atoms with Gasteiger partial charge >= 0.3 is 11.9 Å². The Balaban J connectivity index is 4.24. The summed E-state index contributed by atoms with van der Waals surface area (Å²) < 4.78 is 5.84. The number of amides is 1. The fourth-order valence-electron chi connectivity index (χ4n) is 4.75. The van der Waals surface area contributed by atoms with Crippen molar-refractivity contribution in [1.29, 1.82) is 0 Å². The highest BCUT2D eigenvalue weighted by Crippen LogP contribution is 2.15. The van der Waals surface area contributed by atoms with Crippen LogP contribution in [0.4, 0.5) is 0 Å². The van der Waals surface area contributed by atoms with E-state index in [0.29, 0.717) is 38.6 Å². The molecule has 0 bridgehead atoms. The van der Waals surface area contributed by atoms with Crippen LogP contribution in [-0.4, -0.2) is 41.6 Å². The molecule has 43 heavy (non-hydrogen) atoms. The lowest BCUT2D eigenvalue weighted by Gasteiger charge is -2.15. The first-order chi connectivity index (χ1) is 20.9. The zero-order chi connectivity index (χ0) is 31.8. The number of carboxylic acid groups (broad SMARTS) is 1. The van der Waals surface area contributed by atoms with Crippen molar-refractivity contribution in [3.05, 3.63) is 36.5 Å². The van der Waals surface area contributed by atoms with E-state index in [4.69, 9.17) is 10.5 Å². The molecule has 0 aliphatic carbocycles. The Morgan fingerprint density at radius 3 is 2.02 bits per heavy atom. The highest BCUT2D eigenvalue weighted by molar-refractivity contribution is 5.83. The maximum absolute atomic E-state index is 12.5. The average Bonchev–Trinajstić information content (AvgIpc) is 2.98. The van der Waals surface area contributed by atoms with Gasteiger partial charge in [0.25, 0.3) is 0 Å². The zero-order valence-electron chi connectivity index (χ0n) is 27.5. The minimum absolute atomic E-state index is 0.110. The van der Waals surface area contributed by atoms with Crippen molar-refractivity contribution in [3.63, 3.8) is 0 Å². The van der Waals surface area contributed by atoms with Crippen LogP contribution >= 0.6 is 0 Å². The van der Waals surface area contributed by atoms with Crippen LogP contribution in [0, 0.1) is 0 Å². The molecule has 0 aliphatic rings. The van der Waals surface area contributed by atoms with Crippen molar-refractivity contribution < 1.29 is 24.2 Å². The lowest BCUT2D eigenvalue weighted by molar-refractivity contribution is -0.147. The number of rotatable bonds is 30. The molecule has 0 aromatic rings. The van der Waals surface area contributed by atoms with Crippen LogP contribution in [0.15, 0.2) is 36.5 Å². The smallest absolute Gasteiger partial charge is 0.326 e. The number of hydrogen-bond acceptors (Lipinski definition) is 5. The maximum Gasteiger partial charge on any atom is 0.326 e. The van der Waals surface area contributed by atoms with E-state index in [1.165, 1.54) is 32.1 Å². The molecule has 1 amide bonds. The van der Waals surface area contributed by atoms with Gasteiger partial charge in [-0.15, -0.1) is 0 Å². The van der Waals surface area contributed by atoms with Gasteiger partial charge in [0.05, 0.1) is 0 Å². The Hall–Kier alpha value is -2.41. The normalized spacial score (nSPS) is 13.2. The van der Waals surface area contributed by atoms with Crippen LogP contribution in [-0.2, 0) is 19.1 Å². The second-order valence-electron chi connectivity index (χ2n) is 11.6. The van der Waals surface area contributed by atoms with Crippen molar-refractivity contribution in [2.24, 2.45) is 5.73 Å². The number of hydrogen-bond donors (Lipinski definition) is 3. The molecule has 0 radical (unpaired) electrons.